The molecule has 1 amide bonds. The molecule has 0 radical (unpaired) electrons. The lowest BCUT2D eigenvalue weighted by molar-refractivity contribution is -0.135. The molecule has 1 aliphatic carbocycles. The number of hydrogen-bond acceptors (Lipinski definition) is 3. The molecule has 5 nitrogen and oxygen atoms in total. The van der Waals surface area contributed by atoms with Crippen LogP contribution in [0.1, 0.15) is 43.0 Å². The van der Waals surface area contributed by atoms with Crippen molar-refractivity contribution in [2.75, 3.05) is 13.1 Å². The average Bonchev–Trinajstić information content (AvgIpc) is 3.41. The number of likely N-dealkylation sites (tertiary alicyclic amines) is 1. The SMILES string of the molecule is O=C(N1CCC(c2nnc3ccccn23)CC1)C1(c2ccccc2)CC1. The van der Waals surface area contributed by atoms with Gasteiger partial charge < -0.3 is 4.90 Å². The molecule has 3 aromatic rings. The predicted octanol–water partition coefficient (Wildman–Crippen LogP) is 3.17. The Balaban J connectivity index is 1.31. The van der Waals surface area contributed by atoms with E-state index in [2.05, 4.69) is 31.6 Å². The topological polar surface area (TPSA) is 50.5 Å². The number of fused-ring (bicyclic) bond motifs is 1. The lowest BCUT2D eigenvalue weighted by atomic mass is 9.91. The van der Waals surface area contributed by atoms with Gasteiger partial charge in [0.15, 0.2) is 5.65 Å². The van der Waals surface area contributed by atoms with Crippen molar-refractivity contribution < 1.29 is 4.79 Å². The number of rotatable bonds is 3. The highest BCUT2D eigenvalue weighted by Crippen LogP contribution is 2.50. The lowest BCUT2D eigenvalue weighted by Crippen LogP contribution is -2.43. The molecule has 0 bridgehead atoms. The van der Waals surface area contributed by atoms with Crippen molar-refractivity contribution >= 4 is 11.6 Å². The van der Waals surface area contributed by atoms with Crippen LogP contribution in [0.3, 0.4) is 0 Å². The van der Waals surface area contributed by atoms with E-state index in [9.17, 15) is 4.79 Å². The Morgan fingerprint density at radius 2 is 1.69 bits per heavy atom. The van der Waals surface area contributed by atoms with Crippen LogP contribution in [0.4, 0.5) is 0 Å². The third kappa shape index (κ3) is 2.42. The standard InChI is InChI=1S/C21H22N4O/c26-20(21(11-12-21)17-6-2-1-3-7-17)24-14-9-16(10-15-24)19-23-22-18-8-4-5-13-25(18)19/h1-8,13,16H,9-12,14-15H2. The van der Waals surface area contributed by atoms with Gasteiger partial charge >= 0.3 is 0 Å². The number of amides is 1. The molecule has 1 aliphatic heterocycles. The molecule has 2 aromatic heterocycles. The summed E-state index contributed by atoms with van der Waals surface area (Å²) in [6.45, 7) is 1.61. The van der Waals surface area contributed by atoms with Gasteiger partial charge in [0.1, 0.15) is 5.82 Å². The van der Waals surface area contributed by atoms with Crippen LogP contribution in [-0.2, 0) is 10.2 Å². The van der Waals surface area contributed by atoms with Gasteiger partial charge in [-0.1, -0.05) is 36.4 Å². The van der Waals surface area contributed by atoms with Crippen molar-refractivity contribution in [2.24, 2.45) is 0 Å². The Labute approximate surface area is 152 Å². The summed E-state index contributed by atoms with van der Waals surface area (Å²) >= 11 is 0. The largest absolute Gasteiger partial charge is 0.342 e. The molecule has 2 aliphatic rings. The highest BCUT2D eigenvalue weighted by Gasteiger charge is 2.53. The summed E-state index contributed by atoms with van der Waals surface area (Å²) in [5.41, 5.74) is 1.81. The lowest BCUT2D eigenvalue weighted by Gasteiger charge is -2.34. The Morgan fingerprint density at radius 1 is 0.962 bits per heavy atom. The van der Waals surface area contributed by atoms with E-state index < -0.39 is 0 Å². The normalized spacial score (nSPS) is 19.6. The summed E-state index contributed by atoms with van der Waals surface area (Å²) in [7, 11) is 0. The predicted molar refractivity (Wildman–Crippen MR) is 98.9 cm³/mol. The summed E-state index contributed by atoms with van der Waals surface area (Å²) in [4.78, 5) is 15.3. The number of piperidine rings is 1. The molecule has 1 saturated carbocycles. The number of benzene rings is 1. The zero-order chi connectivity index (χ0) is 17.6. The Morgan fingerprint density at radius 3 is 2.42 bits per heavy atom. The van der Waals surface area contributed by atoms with Gasteiger partial charge in [0.05, 0.1) is 5.41 Å². The van der Waals surface area contributed by atoms with Crippen molar-refractivity contribution in [3.05, 3.63) is 66.1 Å². The maximum absolute atomic E-state index is 13.2. The number of hydrogen-bond donors (Lipinski definition) is 0. The molecule has 5 rings (SSSR count). The van der Waals surface area contributed by atoms with E-state index in [-0.39, 0.29) is 5.41 Å². The van der Waals surface area contributed by atoms with E-state index >= 15 is 0 Å². The smallest absolute Gasteiger partial charge is 0.233 e. The fourth-order valence-corrected chi connectivity index (χ4v) is 4.29. The second-order valence-corrected chi connectivity index (χ2v) is 7.50. The minimum Gasteiger partial charge on any atom is -0.342 e. The van der Waals surface area contributed by atoms with Crippen molar-refractivity contribution in [2.45, 2.75) is 37.0 Å². The number of carbonyl (C=O) groups excluding carboxylic acids is 1. The number of carbonyl (C=O) groups is 1. The monoisotopic (exact) mass is 346 g/mol. The van der Waals surface area contributed by atoms with Gasteiger partial charge in [-0.2, -0.15) is 0 Å². The van der Waals surface area contributed by atoms with E-state index in [4.69, 9.17) is 0 Å². The van der Waals surface area contributed by atoms with Crippen LogP contribution < -0.4 is 0 Å². The fourth-order valence-electron chi connectivity index (χ4n) is 4.29. The number of pyridine rings is 1. The summed E-state index contributed by atoms with van der Waals surface area (Å²) in [5.74, 6) is 1.70. The average molecular weight is 346 g/mol. The first-order valence-corrected chi connectivity index (χ1v) is 9.42. The van der Waals surface area contributed by atoms with Gasteiger partial charge in [-0.05, 0) is 43.4 Å². The fraction of sp³-hybridized carbons (Fsp3) is 0.381. The maximum atomic E-state index is 13.2. The van der Waals surface area contributed by atoms with Gasteiger partial charge in [-0.3, -0.25) is 9.20 Å². The van der Waals surface area contributed by atoms with Crippen LogP contribution in [0, 0.1) is 0 Å². The van der Waals surface area contributed by atoms with Crippen LogP contribution in [0.15, 0.2) is 54.7 Å². The highest BCUT2D eigenvalue weighted by atomic mass is 16.2. The molecular weight excluding hydrogens is 324 g/mol. The second kappa shape index (κ2) is 5.94. The minimum atomic E-state index is -0.254. The van der Waals surface area contributed by atoms with E-state index in [1.54, 1.807) is 0 Å². The quantitative estimate of drug-likeness (QED) is 0.732. The number of aromatic nitrogens is 3. The molecule has 0 N–H and O–H groups in total. The van der Waals surface area contributed by atoms with Crippen LogP contribution in [0.2, 0.25) is 0 Å². The van der Waals surface area contributed by atoms with Gasteiger partial charge in [-0.15, -0.1) is 10.2 Å². The molecule has 1 saturated heterocycles. The van der Waals surface area contributed by atoms with Crippen molar-refractivity contribution in [1.82, 2.24) is 19.5 Å². The van der Waals surface area contributed by atoms with Gasteiger partial charge in [0.2, 0.25) is 5.91 Å². The molecule has 0 atom stereocenters. The third-order valence-corrected chi connectivity index (χ3v) is 5.97. The Bertz CT molecular complexity index is 937. The van der Waals surface area contributed by atoms with Crippen LogP contribution in [0.5, 0.6) is 0 Å². The Hall–Kier alpha value is -2.69. The molecule has 2 fully saturated rings. The van der Waals surface area contributed by atoms with E-state index in [0.29, 0.717) is 11.8 Å². The molecule has 5 heteroatoms. The van der Waals surface area contributed by atoms with Gasteiger partial charge in [-0.25, -0.2) is 0 Å². The van der Waals surface area contributed by atoms with E-state index in [1.807, 2.05) is 42.6 Å². The van der Waals surface area contributed by atoms with Crippen LogP contribution >= 0.6 is 0 Å². The first kappa shape index (κ1) is 15.6. The van der Waals surface area contributed by atoms with Crippen LogP contribution in [0.25, 0.3) is 5.65 Å². The highest BCUT2D eigenvalue weighted by molar-refractivity contribution is 5.91. The van der Waals surface area contributed by atoms with Gasteiger partial charge in [0, 0.05) is 25.2 Å². The molecule has 26 heavy (non-hydrogen) atoms. The first-order valence-electron chi connectivity index (χ1n) is 9.42. The molecule has 3 heterocycles. The zero-order valence-electron chi connectivity index (χ0n) is 14.7. The summed E-state index contributed by atoms with van der Waals surface area (Å²) < 4.78 is 2.08. The van der Waals surface area contributed by atoms with E-state index in [0.717, 1.165) is 50.2 Å². The van der Waals surface area contributed by atoms with Crippen LogP contribution in [-0.4, -0.2) is 38.5 Å². The first-order chi connectivity index (χ1) is 12.8. The van der Waals surface area contributed by atoms with Crippen molar-refractivity contribution in [3.8, 4) is 0 Å². The molecule has 0 unspecified atom stereocenters. The van der Waals surface area contributed by atoms with Gasteiger partial charge in [0.25, 0.3) is 0 Å². The second-order valence-electron chi connectivity index (χ2n) is 7.50. The minimum absolute atomic E-state index is 0.254. The van der Waals surface area contributed by atoms with E-state index in [1.165, 1.54) is 5.56 Å². The summed E-state index contributed by atoms with van der Waals surface area (Å²) in [6, 6.07) is 16.2. The summed E-state index contributed by atoms with van der Waals surface area (Å²) in [5, 5.41) is 8.68. The van der Waals surface area contributed by atoms with Crippen molar-refractivity contribution in [1.29, 1.82) is 0 Å². The molecule has 1 aromatic carbocycles. The molecular formula is C21H22N4O. The third-order valence-electron chi connectivity index (χ3n) is 5.97. The summed E-state index contributed by atoms with van der Waals surface area (Å²) in [6.07, 6.45) is 5.88. The zero-order valence-corrected chi connectivity index (χ0v) is 14.7. The van der Waals surface area contributed by atoms with Crippen molar-refractivity contribution in [3.63, 3.8) is 0 Å². The number of nitrogens with zero attached hydrogens (tertiary/aromatic N) is 4. The Kier molecular flexibility index (Phi) is 3.55. The molecule has 132 valence electrons. The maximum Gasteiger partial charge on any atom is 0.233 e. The molecule has 0 spiro atoms.